The van der Waals surface area contributed by atoms with Crippen molar-refractivity contribution in [1.82, 2.24) is 9.21 Å². The lowest BCUT2D eigenvalue weighted by Crippen LogP contribution is -2.55. The summed E-state index contributed by atoms with van der Waals surface area (Å²) in [5.74, 6) is 0.915. The van der Waals surface area contributed by atoms with Gasteiger partial charge in [-0.1, -0.05) is 35.3 Å². The predicted molar refractivity (Wildman–Crippen MR) is 108 cm³/mol. The maximum absolute atomic E-state index is 12.8. The first-order valence-electron chi connectivity index (χ1n) is 8.99. The molecule has 1 atom stereocenters. The lowest BCUT2D eigenvalue weighted by atomic mass is 10.2. The van der Waals surface area contributed by atoms with Crippen molar-refractivity contribution in [3.8, 4) is 11.5 Å². The van der Waals surface area contributed by atoms with Gasteiger partial charge in [-0.25, -0.2) is 8.42 Å². The molecule has 0 spiro atoms. The molecule has 29 heavy (non-hydrogen) atoms. The summed E-state index contributed by atoms with van der Waals surface area (Å²) in [5, 5.41) is 0.466. The molecule has 2 aromatic carbocycles. The minimum atomic E-state index is -3.72. The Morgan fingerprint density at radius 1 is 0.966 bits per heavy atom. The molecule has 2 aliphatic rings. The van der Waals surface area contributed by atoms with Gasteiger partial charge < -0.3 is 14.4 Å². The van der Waals surface area contributed by atoms with Crippen molar-refractivity contribution in [2.75, 3.05) is 32.8 Å². The monoisotopic (exact) mass is 456 g/mol. The Labute approximate surface area is 178 Å². The van der Waals surface area contributed by atoms with Gasteiger partial charge >= 0.3 is 0 Å². The minimum Gasteiger partial charge on any atom is -0.485 e. The lowest BCUT2D eigenvalue weighted by molar-refractivity contribution is -0.142. The Morgan fingerprint density at radius 2 is 1.66 bits per heavy atom. The number of fused-ring (bicyclic) bond motifs is 1. The van der Waals surface area contributed by atoms with E-state index in [1.54, 1.807) is 17.0 Å². The van der Waals surface area contributed by atoms with Crippen molar-refractivity contribution in [2.45, 2.75) is 11.0 Å². The first kappa shape index (κ1) is 20.3. The fraction of sp³-hybridized carbons (Fsp3) is 0.316. The maximum atomic E-state index is 12.8. The third-order valence-corrected chi connectivity index (χ3v) is 7.50. The van der Waals surface area contributed by atoms with Crippen LogP contribution in [0.25, 0.3) is 0 Å². The molecule has 1 unspecified atom stereocenters. The highest BCUT2D eigenvalue weighted by atomic mass is 35.5. The molecule has 2 heterocycles. The second kappa shape index (κ2) is 8.02. The molecular formula is C19H18Cl2N2O5S. The smallest absolute Gasteiger partial charge is 0.267 e. The summed E-state index contributed by atoms with van der Waals surface area (Å²) in [5.41, 5.74) is 0. The topological polar surface area (TPSA) is 76.2 Å². The Bertz CT molecular complexity index is 1040. The summed E-state index contributed by atoms with van der Waals surface area (Å²) in [4.78, 5) is 14.5. The second-order valence-corrected chi connectivity index (χ2v) is 9.42. The average Bonchev–Trinajstić information content (AvgIpc) is 2.74. The lowest BCUT2D eigenvalue weighted by Gasteiger charge is -2.36. The molecule has 0 N–H and O–H groups in total. The van der Waals surface area contributed by atoms with Gasteiger partial charge in [0, 0.05) is 26.2 Å². The van der Waals surface area contributed by atoms with Crippen LogP contribution in [0.2, 0.25) is 10.0 Å². The van der Waals surface area contributed by atoms with Crippen LogP contribution in [-0.4, -0.2) is 62.4 Å². The highest BCUT2D eigenvalue weighted by molar-refractivity contribution is 7.89. The zero-order valence-electron chi connectivity index (χ0n) is 15.3. The molecule has 0 bridgehead atoms. The molecule has 1 saturated heterocycles. The van der Waals surface area contributed by atoms with Crippen molar-refractivity contribution in [3.05, 3.63) is 52.5 Å². The van der Waals surface area contributed by atoms with Crippen LogP contribution in [-0.2, 0) is 14.8 Å². The molecule has 0 saturated carbocycles. The SMILES string of the molecule is O=C(C1COc2ccccc2O1)N1CCN(S(=O)(=O)c2ccc(Cl)c(Cl)c2)CC1. The number of carbonyl (C=O) groups is 1. The van der Waals surface area contributed by atoms with Crippen molar-refractivity contribution in [2.24, 2.45) is 0 Å². The van der Waals surface area contributed by atoms with E-state index in [1.807, 2.05) is 12.1 Å². The first-order chi connectivity index (χ1) is 13.9. The van der Waals surface area contributed by atoms with E-state index in [9.17, 15) is 13.2 Å². The Hall–Kier alpha value is -2.00. The zero-order chi connectivity index (χ0) is 20.6. The molecular weight excluding hydrogens is 439 g/mol. The van der Waals surface area contributed by atoms with Gasteiger partial charge in [0.15, 0.2) is 11.5 Å². The van der Waals surface area contributed by atoms with E-state index in [-0.39, 0.29) is 53.6 Å². The molecule has 1 amide bonds. The van der Waals surface area contributed by atoms with Crippen LogP contribution in [0.5, 0.6) is 11.5 Å². The van der Waals surface area contributed by atoms with E-state index in [0.717, 1.165) is 0 Å². The van der Waals surface area contributed by atoms with Gasteiger partial charge in [0.2, 0.25) is 16.1 Å². The summed E-state index contributed by atoms with van der Waals surface area (Å²) in [6.45, 7) is 1.01. The van der Waals surface area contributed by atoms with Crippen molar-refractivity contribution in [3.63, 3.8) is 0 Å². The van der Waals surface area contributed by atoms with E-state index >= 15 is 0 Å². The molecule has 154 valence electrons. The van der Waals surface area contributed by atoms with Crippen LogP contribution in [0.4, 0.5) is 0 Å². The van der Waals surface area contributed by atoms with Crippen LogP contribution in [0.1, 0.15) is 0 Å². The number of rotatable bonds is 3. The van der Waals surface area contributed by atoms with Gasteiger partial charge in [-0.05, 0) is 30.3 Å². The number of hydrogen-bond acceptors (Lipinski definition) is 5. The van der Waals surface area contributed by atoms with Crippen LogP contribution in [0.15, 0.2) is 47.4 Å². The number of piperazine rings is 1. The standard InChI is InChI=1S/C19H18Cl2N2O5S/c20-14-6-5-13(11-15(14)21)29(25,26)23-9-7-22(8-10-23)19(24)18-12-27-16-3-1-2-4-17(16)28-18/h1-6,11,18H,7-10,12H2. The third-order valence-electron chi connectivity index (χ3n) is 4.86. The van der Waals surface area contributed by atoms with Crippen LogP contribution in [0, 0.1) is 0 Å². The third kappa shape index (κ3) is 4.02. The molecule has 0 aromatic heterocycles. The fourth-order valence-electron chi connectivity index (χ4n) is 3.28. The number of amides is 1. The van der Waals surface area contributed by atoms with Gasteiger partial charge in [-0.3, -0.25) is 4.79 Å². The van der Waals surface area contributed by atoms with Gasteiger partial charge in [0.25, 0.3) is 5.91 Å². The number of hydrogen-bond donors (Lipinski definition) is 0. The largest absolute Gasteiger partial charge is 0.485 e. The van der Waals surface area contributed by atoms with Crippen LogP contribution < -0.4 is 9.47 Å². The number of nitrogens with zero attached hydrogens (tertiary/aromatic N) is 2. The van der Waals surface area contributed by atoms with Crippen molar-refractivity contribution >= 4 is 39.1 Å². The highest BCUT2D eigenvalue weighted by Gasteiger charge is 2.35. The first-order valence-corrected chi connectivity index (χ1v) is 11.2. The summed E-state index contributed by atoms with van der Waals surface area (Å²) in [6, 6.07) is 11.4. The van der Waals surface area contributed by atoms with Crippen molar-refractivity contribution < 1.29 is 22.7 Å². The Morgan fingerprint density at radius 3 is 2.34 bits per heavy atom. The van der Waals surface area contributed by atoms with E-state index in [0.29, 0.717) is 11.5 Å². The minimum absolute atomic E-state index is 0.0762. The average molecular weight is 457 g/mol. The van der Waals surface area contributed by atoms with Gasteiger partial charge in [-0.15, -0.1) is 0 Å². The summed E-state index contributed by atoms with van der Waals surface area (Å²) < 4.78 is 38.4. The molecule has 10 heteroatoms. The molecule has 7 nitrogen and oxygen atoms in total. The maximum Gasteiger partial charge on any atom is 0.267 e. The van der Waals surface area contributed by atoms with Crippen molar-refractivity contribution in [1.29, 1.82) is 0 Å². The summed E-state index contributed by atoms with van der Waals surface area (Å²) >= 11 is 11.8. The number of sulfonamides is 1. The Kier molecular flexibility index (Phi) is 5.61. The fourth-order valence-corrected chi connectivity index (χ4v) is 5.09. The molecule has 1 fully saturated rings. The number of benzene rings is 2. The highest BCUT2D eigenvalue weighted by Crippen LogP contribution is 2.31. The van der Waals surface area contributed by atoms with E-state index in [1.165, 1.54) is 22.5 Å². The number of carbonyl (C=O) groups excluding carboxylic acids is 1. The molecule has 2 aromatic rings. The molecule has 2 aliphatic heterocycles. The van der Waals surface area contributed by atoms with Gasteiger partial charge in [0.05, 0.1) is 14.9 Å². The summed E-state index contributed by atoms with van der Waals surface area (Å²) in [7, 11) is -3.72. The molecule has 0 aliphatic carbocycles. The van der Waals surface area contributed by atoms with Gasteiger partial charge in [-0.2, -0.15) is 4.31 Å². The van der Waals surface area contributed by atoms with E-state index < -0.39 is 16.1 Å². The zero-order valence-corrected chi connectivity index (χ0v) is 17.6. The Balaban J connectivity index is 1.40. The predicted octanol–water partition coefficient (Wildman–Crippen LogP) is 2.67. The van der Waals surface area contributed by atoms with E-state index in [4.69, 9.17) is 32.7 Å². The van der Waals surface area contributed by atoms with E-state index in [2.05, 4.69) is 0 Å². The number of ether oxygens (including phenoxy) is 2. The molecule has 0 radical (unpaired) electrons. The van der Waals surface area contributed by atoms with Crippen LogP contribution in [0.3, 0.4) is 0 Å². The number of halogens is 2. The number of para-hydroxylation sites is 2. The summed E-state index contributed by atoms with van der Waals surface area (Å²) in [6.07, 6.45) is -0.747. The second-order valence-electron chi connectivity index (χ2n) is 6.67. The quantitative estimate of drug-likeness (QED) is 0.709. The van der Waals surface area contributed by atoms with Crippen LogP contribution >= 0.6 is 23.2 Å². The normalized spacial score (nSPS) is 19.8. The van der Waals surface area contributed by atoms with Gasteiger partial charge in [0.1, 0.15) is 6.61 Å². The molecule has 4 rings (SSSR count).